The number of hydrogen-bond donors (Lipinski definition) is 1. The van der Waals surface area contributed by atoms with E-state index in [0.717, 1.165) is 24.9 Å². The van der Waals surface area contributed by atoms with Gasteiger partial charge in [-0.3, -0.25) is 4.79 Å². The van der Waals surface area contributed by atoms with Gasteiger partial charge in [-0.1, -0.05) is 18.2 Å². The first-order valence-corrected chi connectivity index (χ1v) is 7.25. The summed E-state index contributed by atoms with van der Waals surface area (Å²) >= 11 is 0. The van der Waals surface area contributed by atoms with Gasteiger partial charge in [0, 0.05) is 24.6 Å². The van der Waals surface area contributed by atoms with Gasteiger partial charge in [0.15, 0.2) is 0 Å². The number of benzene rings is 1. The van der Waals surface area contributed by atoms with Crippen molar-refractivity contribution < 1.29 is 9.32 Å². The predicted molar refractivity (Wildman–Crippen MR) is 76.5 cm³/mol. The molecule has 2 aromatic rings. The predicted octanol–water partition coefficient (Wildman–Crippen LogP) is 1.91. The van der Waals surface area contributed by atoms with Gasteiger partial charge < -0.3 is 14.7 Å². The first-order chi connectivity index (χ1) is 10.3. The zero-order valence-corrected chi connectivity index (χ0v) is 11.5. The molecule has 2 heterocycles. The van der Waals surface area contributed by atoms with E-state index in [-0.39, 0.29) is 11.9 Å². The number of aromatic nitrogens is 2. The largest absolute Gasteiger partial charge is 0.347 e. The minimum atomic E-state index is 0.0688. The Morgan fingerprint density at radius 3 is 2.81 bits per heavy atom. The van der Waals surface area contributed by atoms with Crippen LogP contribution in [-0.4, -0.2) is 39.6 Å². The van der Waals surface area contributed by atoms with Crippen LogP contribution >= 0.6 is 0 Å². The van der Waals surface area contributed by atoms with Crippen LogP contribution in [0.4, 0.5) is 5.95 Å². The second kappa shape index (κ2) is 4.87. The Morgan fingerprint density at radius 2 is 2.05 bits per heavy atom. The van der Waals surface area contributed by atoms with Crippen LogP contribution in [0, 0.1) is 0 Å². The lowest BCUT2D eigenvalue weighted by atomic mass is 10.2. The first-order valence-electron chi connectivity index (χ1n) is 7.25. The molecule has 0 spiro atoms. The van der Waals surface area contributed by atoms with Crippen LogP contribution in [0.15, 0.2) is 34.9 Å². The van der Waals surface area contributed by atoms with E-state index in [1.165, 1.54) is 0 Å². The Kier molecular flexibility index (Phi) is 2.87. The van der Waals surface area contributed by atoms with Crippen molar-refractivity contribution in [3.63, 3.8) is 0 Å². The maximum atomic E-state index is 11.9. The number of nitrogens with zero attached hydrogens (tertiary/aromatic N) is 3. The Hall–Kier alpha value is -2.37. The zero-order chi connectivity index (χ0) is 14.2. The maximum absolute atomic E-state index is 11.9. The fourth-order valence-electron chi connectivity index (χ4n) is 2.73. The molecule has 0 bridgehead atoms. The summed E-state index contributed by atoms with van der Waals surface area (Å²) in [5.41, 5.74) is 0.889. The van der Waals surface area contributed by atoms with E-state index in [4.69, 9.17) is 4.52 Å². The van der Waals surface area contributed by atoms with Gasteiger partial charge in [-0.25, -0.2) is 0 Å². The lowest BCUT2D eigenvalue weighted by Crippen LogP contribution is -2.29. The summed E-state index contributed by atoms with van der Waals surface area (Å²) < 4.78 is 5.25. The average molecular weight is 284 g/mol. The molecule has 1 amide bonds. The fourth-order valence-corrected chi connectivity index (χ4v) is 2.73. The minimum absolute atomic E-state index is 0.0688. The fraction of sp³-hybridized carbons (Fsp3) is 0.400. The normalized spacial score (nSPS) is 21.8. The molecule has 1 unspecified atom stereocenters. The number of nitrogens with one attached hydrogen (secondary N) is 1. The van der Waals surface area contributed by atoms with E-state index in [9.17, 15) is 4.79 Å². The summed E-state index contributed by atoms with van der Waals surface area (Å²) in [6, 6.07) is 10.2. The number of carbonyl (C=O) groups is 1. The van der Waals surface area contributed by atoms with E-state index >= 15 is 0 Å². The Morgan fingerprint density at radius 1 is 1.24 bits per heavy atom. The Bertz CT molecular complexity index is 651. The molecule has 1 saturated heterocycles. The molecule has 1 aromatic heterocycles. The Labute approximate surface area is 122 Å². The number of carbonyl (C=O) groups excluding carboxylic acids is 1. The summed E-state index contributed by atoms with van der Waals surface area (Å²) in [5, 5.41) is 7.14. The van der Waals surface area contributed by atoms with Gasteiger partial charge in [-0.2, -0.15) is 4.98 Å². The van der Waals surface area contributed by atoms with Gasteiger partial charge in [-0.15, -0.1) is 0 Å². The van der Waals surface area contributed by atoms with Gasteiger partial charge in [0.1, 0.15) is 0 Å². The molecule has 0 radical (unpaired) electrons. The highest BCUT2D eigenvalue weighted by Gasteiger charge is 2.39. The van der Waals surface area contributed by atoms with Crippen molar-refractivity contribution in [1.29, 1.82) is 0 Å². The topological polar surface area (TPSA) is 71.3 Å². The third-order valence-electron chi connectivity index (χ3n) is 3.93. The van der Waals surface area contributed by atoms with E-state index in [1.807, 2.05) is 35.2 Å². The molecule has 1 aliphatic heterocycles. The molecule has 6 heteroatoms. The summed E-state index contributed by atoms with van der Waals surface area (Å²) in [6.45, 7) is 0.735. The molecule has 1 saturated carbocycles. The average Bonchev–Trinajstić information content (AvgIpc) is 3.13. The van der Waals surface area contributed by atoms with Crippen LogP contribution < -0.4 is 5.32 Å². The van der Waals surface area contributed by atoms with Crippen molar-refractivity contribution in [2.45, 2.75) is 31.3 Å². The summed E-state index contributed by atoms with van der Waals surface area (Å²) in [7, 11) is 0. The molecule has 6 nitrogen and oxygen atoms in total. The van der Waals surface area contributed by atoms with Gasteiger partial charge >= 0.3 is 0 Å². The van der Waals surface area contributed by atoms with Crippen LogP contribution in [0.3, 0.4) is 0 Å². The highest BCUT2D eigenvalue weighted by Crippen LogP contribution is 2.31. The number of likely N-dealkylation sites (tertiary alicyclic amines) is 1. The molecule has 21 heavy (non-hydrogen) atoms. The number of anilines is 1. The third kappa shape index (κ3) is 2.49. The number of rotatable bonds is 4. The molecule has 108 valence electrons. The summed E-state index contributed by atoms with van der Waals surface area (Å²) in [5.74, 6) is 1.16. The van der Waals surface area contributed by atoms with E-state index in [1.54, 1.807) is 0 Å². The van der Waals surface area contributed by atoms with Crippen LogP contribution in [0.25, 0.3) is 11.5 Å². The van der Waals surface area contributed by atoms with Gasteiger partial charge in [0.05, 0.1) is 6.04 Å². The van der Waals surface area contributed by atoms with Crippen molar-refractivity contribution in [2.24, 2.45) is 0 Å². The van der Waals surface area contributed by atoms with Crippen molar-refractivity contribution in [2.75, 3.05) is 11.9 Å². The SMILES string of the molecule is O=C1CC(Nc2noc(-c3ccccc3)n2)CN1C1CC1. The molecule has 1 N–H and O–H groups in total. The minimum Gasteiger partial charge on any atom is -0.347 e. The monoisotopic (exact) mass is 284 g/mol. The van der Waals surface area contributed by atoms with E-state index < -0.39 is 0 Å². The van der Waals surface area contributed by atoms with Crippen LogP contribution in [0.5, 0.6) is 0 Å². The number of amides is 1. The third-order valence-corrected chi connectivity index (χ3v) is 3.93. The van der Waals surface area contributed by atoms with Crippen LogP contribution in [0.1, 0.15) is 19.3 Å². The zero-order valence-electron chi connectivity index (χ0n) is 11.5. The molecule has 4 rings (SSSR count). The van der Waals surface area contributed by atoms with Crippen molar-refractivity contribution >= 4 is 11.9 Å². The van der Waals surface area contributed by atoms with Crippen molar-refractivity contribution in [1.82, 2.24) is 15.0 Å². The van der Waals surface area contributed by atoms with E-state index in [2.05, 4.69) is 15.5 Å². The second-order valence-electron chi connectivity index (χ2n) is 5.61. The number of hydrogen-bond acceptors (Lipinski definition) is 5. The maximum Gasteiger partial charge on any atom is 0.264 e. The molecule has 2 fully saturated rings. The molecule has 1 aromatic carbocycles. The summed E-state index contributed by atoms with van der Waals surface area (Å²) in [4.78, 5) is 18.2. The molecular formula is C15H16N4O2. The lowest BCUT2D eigenvalue weighted by Gasteiger charge is -2.15. The molecule has 1 atom stereocenters. The van der Waals surface area contributed by atoms with E-state index in [0.29, 0.717) is 24.3 Å². The Balaban J connectivity index is 1.44. The molecular weight excluding hydrogens is 268 g/mol. The van der Waals surface area contributed by atoms with Crippen molar-refractivity contribution in [3.05, 3.63) is 30.3 Å². The van der Waals surface area contributed by atoms with Crippen LogP contribution in [-0.2, 0) is 4.79 Å². The first kappa shape index (κ1) is 12.4. The summed E-state index contributed by atoms with van der Waals surface area (Å²) in [6.07, 6.45) is 2.78. The molecule has 1 aliphatic carbocycles. The lowest BCUT2D eigenvalue weighted by molar-refractivity contribution is -0.128. The van der Waals surface area contributed by atoms with Gasteiger partial charge in [-0.05, 0) is 30.1 Å². The van der Waals surface area contributed by atoms with Crippen LogP contribution in [0.2, 0.25) is 0 Å². The standard InChI is InChI=1S/C15H16N4O2/c20-13-8-11(9-19(13)12-6-7-12)16-15-17-14(21-18-15)10-4-2-1-3-5-10/h1-5,11-12H,6-9H2,(H,16,18). The smallest absolute Gasteiger partial charge is 0.264 e. The highest BCUT2D eigenvalue weighted by atomic mass is 16.5. The quantitative estimate of drug-likeness (QED) is 0.928. The highest BCUT2D eigenvalue weighted by molar-refractivity contribution is 5.80. The molecule has 2 aliphatic rings. The van der Waals surface area contributed by atoms with Gasteiger partial charge in [0.2, 0.25) is 5.91 Å². The van der Waals surface area contributed by atoms with Crippen molar-refractivity contribution in [3.8, 4) is 11.5 Å². The van der Waals surface area contributed by atoms with Gasteiger partial charge in [0.25, 0.3) is 11.8 Å². The second-order valence-corrected chi connectivity index (χ2v) is 5.61.